The van der Waals surface area contributed by atoms with Crippen molar-refractivity contribution in [1.82, 2.24) is 14.5 Å². The summed E-state index contributed by atoms with van der Waals surface area (Å²) < 4.78 is 2.29. The minimum absolute atomic E-state index is 0.0246. The number of amides is 1. The zero-order chi connectivity index (χ0) is 12.0. The van der Waals surface area contributed by atoms with E-state index in [1.165, 1.54) is 18.5 Å². The van der Waals surface area contributed by atoms with Gasteiger partial charge in [-0.15, -0.1) is 0 Å². The highest BCUT2D eigenvalue weighted by Crippen LogP contribution is 2.37. The van der Waals surface area contributed by atoms with Crippen molar-refractivity contribution >= 4 is 5.91 Å². The highest BCUT2D eigenvalue weighted by Gasteiger charge is 2.31. The van der Waals surface area contributed by atoms with Crippen LogP contribution in [0.4, 0.5) is 0 Å². The molecule has 1 amide bonds. The molecular weight excluding hydrogens is 216 g/mol. The zero-order valence-electron chi connectivity index (χ0n) is 10.1. The lowest BCUT2D eigenvalue weighted by Gasteiger charge is -2.28. The van der Waals surface area contributed by atoms with Crippen LogP contribution in [0, 0.1) is 0 Å². The largest absolute Gasteiger partial charge is 0.335 e. The van der Waals surface area contributed by atoms with E-state index < -0.39 is 6.04 Å². The first kappa shape index (κ1) is 10.8. The molecule has 2 N–H and O–H groups in total. The summed E-state index contributed by atoms with van der Waals surface area (Å²) in [6, 6.07) is 0.254. The predicted octanol–water partition coefficient (Wildman–Crippen LogP) is 0.450. The standard InChI is InChI=1S/C12H18N4O/c1-8(13)12(17)15-5-4-11-10(6-15)14-7-16(11)9-2-3-9/h7-9H,2-6,13H2,1H3/t8-/m1/s1. The number of fused-ring (bicyclic) bond motifs is 1. The van der Waals surface area contributed by atoms with Crippen LogP contribution in [0.15, 0.2) is 6.33 Å². The molecule has 0 spiro atoms. The Morgan fingerprint density at radius 3 is 3.00 bits per heavy atom. The van der Waals surface area contributed by atoms with Gasteiger partial charge in [0.05, 0.1) is 24.6 Å². The number of nitrogens with zero attached hydrogens (tertiary/aromatic N) is 3. The number of hydrogen-bond donors (Lipinski definition) is 1. The summed E-state index contributed by atoms with van der Waals surface area (Å²) in [5.74, 6) is 0.0246. The lowest BCUT2D eigenvalue weighted by atomic mass is 10.1. The SMILES string of the molecule is C[C@@H](N)C(=O)N1CCc2c(ncn2C2CC2)C1. The fourth-order valence-corrected chi connectivity index (χ4v) is 2.47. The summed E-state index contributed by atoms with van der Waals surface area (Å²) in [5, 5.41) is 0. The van der Waals surface area contributed by atoms with Crippen molar-refractivity contribution in [3.63, 3.8) is 0 Å². The molecule has 0 radical (unpaired) electrons. The highest BCUT2D eigenvalue weighted by molar-refractivity contribution is 5.81. The van der Waals surface area contributed by atoms with Crippen molar-refractivity contribution in [3.05, 3.63) is 17.7 Å². The molecule has 1 aromatic heterocycles. The minimum Gasteiger partial charge on any atom is -0.335 e. The maximum absolute atomic E-state index is 11.8. The maximum atomic E-state index is 11.8. The monoisotopic (exact) mass is 234 g/mol. The average molecular weight is 234 g/mol. The van der Waals surface area contributed by atoms with Crippen LogP contribution in [0.3, 0.4) is 0 Å². The second-order valence-corrected chi connectivity index (χ2v) is 5.07. The van der Waals surface area contributed by atoms with Gasteiger partial charge < -0.3 is 15.2 Å². The molecule has 1 aliphatic carbocycles. The molecule has 2 heterocycles. The van der Waals surface area contributed by atoms with E-state index in [1.807, 2.05) is 11.2 Å². The van der Waals surface area contributed by atoms with E-state index in [-0.39, 0.29) is 5.91 Å². The van der Waals surface area contributed by atoms with Gasteiger partial charge in [-0.25, -0.2) is 4.98 Å². The molecule has 1 saturated carbocycles. The number of carbonyl (C=O) groups excluding carboxylic acids is 1. The predicted molar refractivity (Wildman–Crippen MR) is 63.3 cm³/mol. The van der Waals surface area contributed by atoms with Crippen molar-refractivity contribution in [2.45, 2.75) is 44.8 Å². The van der Waals surface area contributed by atoms with Crippen LogP contribution < -0.4 is 5.73 Å². The number of imidazole rings is 1. The second kappa shape index (κ2) is 3.84. The Balaban J connectivity index is 1.79. The van der Waals surface area contributed by atoms with Gasteiger partial charge >= 0.3 is 0 Å². The number of carbonyl (C=O) groups is 1. The van der Waals surface area contributed by atoms with Gasteiger partial charge in [0, 0.05) is 24.7 Å². The van der Waals surface area contributed by atoms with Gasteiger partial charge in [0.1, 0.15) is 0 Å². The first-order chi connectivity index (χ1) is 8.16. The summed E-state index contributed by atoms with van der Waals surface area (Å²) in [6.07, 6.45) is 5.38. The summed E-state index contributed by atoms with van der Waals surface area (Å²) >= 11 is 0. The van der Waals surface area contributed by atoms with Crippen LogP contribution in [-0.2, 0) is 17.8 Å². The summed E-state index contributed by atoms with van der Waals surface area (Å²) in [7, 11) is 0. The number of rotatable bonds is 2. The normalized spacial score (nSPS) is 21.2. The maximum Gasteiger partial charge on any atom is 0.239 e. The zero-order valence-corrected chi connectivity index (χ0v) is 10.1. The minimum atomic E-state index is -0.415. The molecule has 0 aromatic carbocycles. The van der Waals surface area contributed by atoms with E-state index in [4.69, 9.17) is 5.73 Å². The van der Waals surface area contributed by atoms with Crippen LogP contribution >= 0.6 is 0 Å². The molecule has 1 aromatic rings. The molecule has 2 aliphatic rings. The molecule has 0 bridgehead atoms. The molecule has 17 heavy (non-hydrogen) atoms. The molecule has 0 unspecified atom stereocenters. The van der Waals surface area contributed by atoms with Crippen molar-refractivity contribution in [1.29, 1.82) is 0 Å². The first-order valence-corrected chi connectivity index (χ1v) is 6.25. The van der Waals surface area contributed by atoms with E-state index >= 15 is 0 Å². The lowest BCUT2D eigenvalue weighted by molar-refractivity contribution is -0.133. The summed E-state index contributed by atoms with van der Waals surface area (Å²) in [4.78, 5) is 18.1. The third kappa shape index (κ3) is 1.84. The van der Waals surface area contributed by atoms with Gasteiger partial charge in [-0.1, -0.05) is 0 Å². The number of hydrogen-bond acceptors (Lipinski definition) is 3. The average Bonchev–Trinajstić information content (AvgIpc) is 3.07. The van der Waals surface area contributed by atoms with Crippen molar-refractivity contribution in [2.75, 3.05) is 6.54 Å². The van der Waals surface area contributed by atoms with Crippen molar-refractivity contribution < 1.29 is 4.79 Å². The molecule has 1 atom stereocenters. The van der Waals surface area contributed by atoms with Gasteiger partial charge in [0.15, 0.2) is 0 Å². The Kier molecular flexibility index (Phi) is 2.43. The number of nitrogens with two attached hydrogens (primary N) is 1. The van der Waals surface area contributed by atoms with E-state index in [2.05, 4.69) is 9.55 Å². The molecule has 5 heteroatoms. The second-order valence-electron chi connectivity index (χ2n) is 5.07. The van der Waals surface area contributed by atoms with E-state index in [0.717, 1.165) is 18.7 Å². The van der Waals surface area contributed by atoms with Gasteiger partial charge in [0.25, 0.3) is 0 Å². The third-order valence-electron chi connectivity index (χ3n) is 3.58. The van der Waals surface area contributed by atoms with Crippen LogP contribution in [0.5, 0.6) is 0 Å². The molecule has 92 valence electrons. The van der Waals surface area contributed by atoms with Gasteiger partial charge in [-0.2, -0.15) is 0 Å². The van der Waals surface area contributed by atoms with E-state index in [9.17, 15) is 4.79 Å². The summed E-state index contributed by atoms with van der Waals surface area (Å²) in [6.45, 7) is 3.13. The Bertz CT molecular complexity index is 447. The Morgan fingerprint density at radius 2 is 2.35 bits per heavy atom. The van der Waals surface area contributed by atoms with Gasteiger partial charge in [-0.05, 0) is 19.8 Å². The third-order valence-corrected chi connectivity index (χ3v) is 3.58. The topological polar surface area (TPSA) is 64.2 Å². The van der Waals surface area contributed by atoms with E-state index in [1.54, 1.807) is 6.92 Å². The first-order valence-electron chi connectivity index (χ1n) is 6.25. The van der Waals surface area contributed by atoms with Crippen molar-refractivity contribution in [2.24, 2.45) is 5.73 Å². The van der Waals surface area contributed by atoms with Crippen LogP contribution in [0.2, 0.25) is 0 Å². The Hall–Kier alpha value is -1.36. The van der Waals surface area contributed by atoms with Crippen LogP contribution in [0.25, 0.3) is 0 Å². The van der Waals surface area contributed by atoms with Crippen LogP contribution in [-0.4, -0.2) is 32.9 Å². The molecule has 5 nitrogen and oxygen atoms in total. The van der Waals surface area contributed by atoms with Crippen molar-refractivity contribution in [3.8, 4) is 0 Å². The summed E-state index contributed by atoms with van der Waals surface area (Å²) in [5.41, 5.74) is 8.01. The fourth-order valence-electron chi connectivity index (χ4n) is 2.47. The Morgan fingerprint density at radius 1 is 1.59 bits per heavy atom. The molecule has 1 fully saturated rings. The number of aromatic nitrogens is 2. The molecule has 0 saturated heterocycles. The van der Waals surface area contributed by atoms with Gasteiger partial charge in [0.2, 0.25) is 5.91 Å². The molecular formula is C12H18N4O. The lowest BCUT2D eigenvalue weighted by Crippen LogP contribution is -2.44. The molecule has 1 aliphatic heterocycles. The fraction of sp³-hybridized carbons (Fsp3) is 0.667. The Labute approximate surface area is 101 Å². The smallest absolute Gasteiger partial charge is 0.239 e. The van der Waals surface area contributed by atoms with Crippen LogP contribution in [0.1, 0.15) is 37.2 Å². The highest BCUT2D eigenvalue weighted by atomic mass is 16.2. The quantitative estimate of drug-likeness (QED) is 0.808. The van der Waals surface area contributed by atoms with Gasteiger partial charge in [-0.3, -0.25) is 4.79 Å². The van der Waals surface area contributed by atoms with E-state index in [0.29, 0.717) is 12.6 Å². The molecule has 3 rings (SSSR count).